The van der Waals surface area contributed by atoms with Crippen molar-refractivity contribution in [3.63, 3.8) is 0 Å². The lowest BCUT2D eigenvalue weighted by Gasteiger charge is -2.06. The third-order valence-electron chi connectivity index (χ3n) is 8.06. The summed E-state index contributed by atoms with van der Waals surface area (Å²) >= 11 is 0. The van der Waals surface area contributed by atoms with Crippen LogP contribution in [0.25, 0.3) is 0 Å². The zero-order valence-electron chi connectivity index (χ0n) is 25.3. The highest BCUT2D eigenvalue weighted by Gasteiger charge is 2.15. The van der Waals surface area contributed by atoms with Crippen molar-refractivity contribution in [2.75, 3.05) is 0 Å². The molecule has 0 radical (unpaired) electrons. The standard InChI is InChI=1S/C34H67N2/c1-4-7-9-11-13-14-15-16-17-18-19-20-21-22-23-25-27-29-34-35(30-6-3)32-33-36(34)31-28-26-24-12-10-8-5-2/h32-33H,4-31H2,1-3H3/q+1. The van der Waals surface area contributed by atoms with Gasteiger partial charge in [0.15, 0.2) is 0 Å². The Kier molecular flexibility index (Phi) is 23.9. The van der Waals surface area contributed by atoms with Crippen molar-refractivity contribution in [3.05, 3.63) is 18.2 Å². The molecule has 0 aliphatic heterocycles. The van der Waals surface area contributed by atoms with Crippen LogP contribution in [0.3, 0.4) is 0 Å². The molecule has 0 atom stereocenters. The molecule has 0 saturated heterocycles. The molecule has 1 aromatic heterocycles. The van der Waals surface area contributed by atoms with E-state index in [2.05, 4.69) is 42.3 Å². The van der Waals surface area contributed by atoms with Crippen LogP contribution in [0.5, 0.6) is 0 Å². The lowest BCUT2D eigenvalue weighted by Crippen LogP contribution is -2.37. The van der Waals surface area contributed by atoms with Gasteiger partial charge in [-0.3, -0.25) is 0 Å². The lowest BCUT2D eigenvalue weighted by molar-refractivity contribution is -0.703. The molecule has 0 bridgehead atoms. The van der Waals surface area contributed by atoms with Gasteiger partial charge in [0, 0.05) is 6.42 Å². The molecular weight excluding hydrogens is 436 g/mol. The molecule has 0 fully saturated rings. The van der Waals surface area contributed by atoms with E-state index >= 15 is 0 Å². The second-order valence-electron chi connectivity index (χ2n) is 11.6. The molecule has 1 aromatic rings. The summed E-state index contributed by atoms with van der Waals surface area (Å²) in [5.41, 5.74) is 0. The van der Waals surface area contributed by atoms with Crippen LogP contribution >= 0.6 is 0 Å². The highest BCUT2D eigenvalue weighted by molar-refractivity contribution is 4.84. The Morgan fingerprint density at radius 3 is 1.28 bits per heavy atom. The molecule has 0 aromatic carbocycles. The summed E-state index contributed by atoms with van der Waals surface area (Å²) in [7, 11) is 0. The van der Waals surface area contributed by atoms with Gasteiger partial charge in [-0.25, -0.2) is 9.13 Å². The van der Waals surface area contributed by atoms with Crippen LogP contribution in [-0.2, 0) is 19.5 Å². The number of aryl methyl sites for hydroxylation is 2. The number of nitrogens with zero attached hydrogens (tertiary/aromatic N) is 2. The maximum Gasteiger partial charge on any atom is 0.256 e. The first-order valence-electron chi connectivity index (χ1n) is 16.9. The topological polar surface area (TPSA) is 8.81 Å². The van der Waals surface area contributed by atoms with Gasteiger partial charge < -0.3 is 0 Å². The van der Waals surface area contributed by atoms with Crippen LogP contribution in [-0.4, -0.2) is 4.57 Å². The molecular formula is C34H67N2+. The maximum absolute atomic E-state index is 2.58. The van der Waals surface area contributed by atoms with Gasteiger partial charge in [0.1, 0.15) is 12.4 Å². The first-order valence-corrected chi connectivity index (χ1v) is 16.9. The van der Waals surface area contributed by atoms with Crippen molar-refractivity contribution < 1.29 is 4.57 Å². The molecule has 1 heterocycles. The number of hydrogen-bond donors (Lipinski definition) is 0. The van der Waals surface area contributed by atoms with Crippen LogP contribution in [0, 0.1) is 0 Å². The Hall–Kier alpha value is -0.790. The van der Waals surface area contributed by atoms with Gasteiger partial charge in [-0.2, -0.15) is 0 Å². The van der Waals surface area contributed by atoms with Gasteiger partial charge in [-0.15, -0.1) is 0 Å². The maximum atomic E-state index is 2.58. The number of unbranched alkanes of at least 4 members (excludes halogenated alkanes) is 22. The SMILES string of the molecule is CCCCCCCCCCCCCCCCCCCc1n(CCCCCCCCC)cc[n+]1CCC. The number of hydrogen-bond acceptors (Lipinski definition) is 0. The average molecular weight is 504 g/mol. The molecule has 212 valence electrons. The van der Waals surface area contributed by atoms with Gasteiger partial charge in [-0.1, -0.05) is 156 Å². The van der Waals surface area contributed by atoms with Crippen LogP contribution in [0.2, 0.25) is 0 Å². The van der Waals surface area contributed by atoms with Gasteiger partial charge in [0.05, 0.1) is 13.1 Å². The van der Waals surface area contributed by atoms with Crippen molar-refractivity contribution in [2.45, 2.75) is 201 Å². The summed E-state index contributed by atoms with van der Waals surface area (Å²) in [6.07, 6.45) is 41.7. The molecule has 0 spiro atoms. The van der Waals surface area contributed by atoms with E-state index in [0.29, 0.717) is 0 Å². The van der Waals surface area contributed by atoms with Crippen molar-refractivity contribution in [3.8, 4) is 0 Å². The van der Waals surface area contributed by atoms with Gasteiger partial charge in [-0.05, 0) is 25.7 Å². The van der Waals surface area contributed by atoms with E-state index in [-0.39, 0.29) is 0 Å². The molecule has 2 nitrogen and oxygen atoms in total. The fourth-order valence-electron chi connectivity index (χ4n) is 5.68. The Morgan fingerprint density at radius 1 is 0.472 bits per heavy atom. The van der Waals surface area contributed by atoms with Crippen molar-refractivity contribution in [1.29, 1.82) is 0 Å². The number of imidazole rings is 1. The zero-order chi connectivity index (χ0) is 25.9. The molecule has 0 N–H and O–H groups in total. The highest BCUT2D eigenvalue weighted by Crippen LogP contribution is 2.15. The van der Waals surface area contributed by atoms with Gasteiger partial charge >= 0.3 is 0 Å². The smallest absolute Gasteiger partial charge is 0.234 e. The number of rotatable bonds is 28. The van der Waals surface area contributed by atoms with Crippen LogP contribution in [0.4, 0.5) is 0 Å². The zero-order valence-corrected chi connectivity index (χ0v) is 25.3. The fourth-order valence-corrected chi connectivity index (χ4v) is 5.68. The molecule has 0 saturated carbocycles. The summed E-state index contributed by atoms with van der Waals surface area (Å²) in [6, 6.07) is 0. The quantitative estimate of drug-likeness (QED) is 0.0794. The van der Waals surface area contributed by atoms with E-state index in [1.54, 1.807) is 5.82 Å². The number of aromatic nitrogens is 2. The third-order valence-corrected chi connectivity index (χ3v) is 8.06. The van der Waals surface area contributed by atoms with E-state index in [1.807, 2.05) is 0 Å². The Balaban J connectivity index is 2.02. The largest absolute Gasteiger partial charge is 0.256 e. The second-order valence-corrected chi connectivity index (χ2v) is 11.6. The Labute approximate surface area is 228 Å². The molecule has 36 heavy (non-hydrogen) atoms. The van der Waals surface area contributed by atoms with Crippen LogP contribution < -0.4 is 4.57 Å². The first kappa shape index (κ1) is 33.2. The monoisotopic (exact) mass is 504 g/mol. The molecule has 1 rings (SSSR count). The minimum atomic E-state index is 1.18. The molecule has 0 amide bonds. The summed E-state index contributed by atoms with van der Waals surface area (Å²) < 4.78 is 5.11. The average Bonchev–Trinajstić information content (AvgIpc) is 3.26. The summed E-state index contributed by atoms with van der Waals surface area (Å²) in [6.45, 7) is 9.32. The van der Waals surface area contributed by atoms with E-state index in [0.717, 1.165) is 0 Å². The Morgan fingerprint density at radius 2 is 0.861 bits per heavy atom. The van der Waals surface area contributed by atoms with E-state index in [9.17, 15) is 0 Å². The van der Waals surface area contributed by atoms with E-state index in [4.69, 9.17) is 0 Å². The van der Waals surface area contributed by atoms with Gasteiger partial charge in [0.2, 0.25) is 0 Å². The Bertz CT molecular complexity index is 562. The van der Waals surface area contributed by atoms with Crippen molar-refractivity contribution in [1.82, 2.24) is 4.57 Å². The minimum Gasteiger partial charge on any atom is -0.234 e. The third kappa shape index (κ3) is 18.5. The van der Waals surface area contributed by atoms with E-state index < -0.39 is 0 Å². The second kappa shape index (κ2) is 25.8. The predicted octanol–water partition coefficient (Wildman–Crippen LogP) is 11.1. The summed E-state index contributed by atoms with van der Waals surface area (Å²) in [5.74, 6) is 1.59. The summed E-state index contributed by atoms with van der Waals surface area (Å²) in [4.78, 5) is 0. The van der Waals surface area contributed by atoms with Crippen molar-refractivity contribution in [2.24, 2.45) is 0 Å². The molecule has 0 unspecified atom stereocenters. The molecule has 2 heteroatoms. The first-order chi connectivity index (χ1) is 17.8. The predicted molar refractivity (Wildman–Crippen MR) is 161 cm³/mol. The van der Waals surface area contributed by atoms with Crippen molar-refractivity contribution >= 4 is 0 Å². The summed E-state index contributed by atoms with van der Waals surface area (Å²) in [5, 5.41) is 0. The fraction of sp³-hybridized carbons (Fsp3) is 0.912. The van der Waals surface area contributed by atoms with Gasteiger partial charge in [0.25, 0.3) is 5.82 Å². The minimum absolute atomic E-state index is 1.18. The molecule has 0 aliphatic rings. The highest BCUT2D eigenvalue weighted by atomic mass is 15.1. The molecule has 0 aliphatic carbocycles. The lowest BCUT2D eigenvalue weighted by atomic mass is 10.0. The van der Waals surface area contributed by atoms with E-state index in [1.165, 1.54) is 180 Å². The van der Waals surface area contributed by atoms with Crippen LogP contribution in [0.1, 0.15) is 187 Å². The van der Waals surface area contributed by atoms with Crippen LogP contribution in [0.15, 0.2) is 12.4 Å². The normalized spacial score (nSPS) is 11.5.